The van der Waals surface area contributed by atoms with Crippen LogP contribution in [0.5, 0.6) is 0 Å². The summed E-state index contributed by atoms with van der Waals surface area (Å²) in [4.78, 5) is 22.3. The van der Waals surface area contributed by atoms with Crippen molar-refractivity contribution >= 4 is 46.2 Å². The van der Waals surface area contributed by atoms with Crippen LogP contribution >= 0.6 is 23.8 Å². The zero-order valence-electron chi connectivity index (χ0n) is 12.9. The Bertz CT molecular complexity index is 839. The van der Waals surface area contributed by atoms with Gasteiger partial charge in [-0.1, -0.05) is 17.7 Å². The van der Waals surface area contributed by atoms with E-state index in [2.05, 4.69) is 10.6 Å². The number of carbonyl (C=O) groups excluding carboxylic acids is 1. The van der Waals surface area contributed by atoms with Gasteiger partial charge in [-0.15, -0.1) is 0 Å². The predicted octanol–water partition coefficient (Wildman–Crippen LogP) is 3.99. The lowest BCUT2D eigenvalue weighted by molar-refractivity contribution is -0.384. The number of anilines is 1. The van der Waals surface area contributed by atoms with Crippen LogP contribution in [0, 0.1) is 24.0 Å². The molecule has 2 aromatic rings. The molecule has 8 heteroatoms. The van der Waals surface area contributed by atoms with Gasteiger partial charge in [-0.25, -0.2) is 0 Å². The zero-order valence-corrected chi connectivity index (χ0v) is 14.5. The molecule has 0 aliphatic rings. The lowest BCUT2D eigenvalue weighted by Crippen LogP contribution is -2.34. The van der Waals surface area contributed by atoms with E-state index in [1.54, 1.807) is 12.1 Å². The number of amides is 1. The van der Waals surface area contributed by atoms with Crippen molar-refractivity contribution in [2.75, 3.05) is 5.32 Å². The molecule has 0 saturated carbocycles. The van der Waals surface area contributed by atoms with Crippen LogP contribution in [0.4, 0.5) is 11.4 Å². The topological polar surface area (TPSA) is 84.3 Å². The van der Waals surface area contributed by atoms with Gasteiger partial charge >= 0.3 is 0 Å². The second kappa shape index (κ2) is 7.37. The third-order valence-corrected chi connectivity index (χ3v) is 3.92. The number of hydrogen-bond donors (Lipinski definition) is 2. The molecule has 0 aliphatic heterocycles. The smallest absolute Gasteiger partial charge is 0.271 e. The van der Waals surface area contributed by atoms with Gasteiger partial charge in [0, 0.05) is 17.7 Å². The van der Waals surface area contributed by atoms with Crippen molar-refractivity contribution in [3.8, 4) is 0 Å². The summed E-state index contributed by atoms with van der Waals surface area (Å²) in [6, 6.07) is 9.26. The van der Waals surface area contributed by atoms with Crippen LogP contribution < -0.4 is 10.6 Å². The number of rotatable bonds is 3. The van der Waals surface area contributed by atoms with Crippen LogP contribution in [-0.4, -0.2) is 15.9 Å². The maximum absolute atomic E-state index is 12.2. The van der Waals surface area contributed by atoms with Gasteiger partial charge in [0.1, 0.15) is 0 Å². The number of halogens is 1. The Labute approximate surface area is 149 Å². The van der Waals surface area contributed by atoms with Crippen molar-refractivity contribution in [3.05, 3.63) is 68.2 Å². The first-order chi connectivity index (χ1) is 11.3. The third kappa shape index (κ3) is 4.27. The number of aryl methyl sites for hydroxylation is 2. The number of carbonyl (C=O) groups is 1. The van der Waals surface area contributed by atoms with Crippen LogP contribution in [0.3, 0.4) is 0 Å². The molecule has 2 rings (SSSR count). The molecule has 0 radical (unpaired) electrons. The van der Waals surface area contributed by atoms with Crippen LogP contribution in [0.25, 0.3) is 0 Å². The summed E-state index contributed by atoms with van der Waals surface area (Å²) in [6.07, 6.45) is 0. The van der Waals surface area contributed by atoms with Crippen molar-refractivity contribution in [3.63, 3.8) is 0 Å². The van der Waals surface area contributed by atoms with E-state index in [-0.39, 0.29) is 21.7 Å². The maximum atomic E-state index is 12.2. The first kappa shape index (κ1) is 17.8. The average Bonchev–Trinajstić information content (AvgIpc) is 2.51. The first-order valence-electron chi connectivity index (χ1n) is 6.91. The van der Waals surface area contributed by atoms with Crippen molar-refractivity contribution in [1.29, 1.82) is 0 Å². The molecule has 24 heavy (non-hydrogen) atoms. The third-order valence-electron chi connectivity index (χ3n) is 3.41. The number of hydrogen-bond acceptors (Lipinski definition) is 4. The first-order valence-corrected chi connectivity index (χ1v) is 7.70. The van der Waals surface area contributed by atoms with Crippen LogP contribution in [0.15, 0.2) is 36.4 Å². The second-order valence-corrected chi connectivity index (χ2v) is 5.94. The number of nitrogens with zero attached hydrogens (tertiary/aromatic N) is 1. The summed E-state index contributed by atoms with van der Waals surface area (Å²) in [7, 11) is 0. The van der Waals surface area contributed by atoms with E-state index in [0.29, 0.717) is 11.3 Å². The van der Waals surface area contributed by atoms with Gasteiger partial charge in [0.25, 0.3) is 11.6 Å². The minimum absolute atomic E-state index is 0.0500. The van der Waals surface area contributed by atoms with Crippen LogP contribution in [-0.2, 0) is 0 Å². The molecule has 0 unspecified atom stereocenters. The molecule has 2 aromatic carbocycles. The number of nitro benzene ring substituents is 1. The standard InChI is InChI=1S/C16H14ClN3O3S/c1-9-3-4-11(7-10(9)2)15(21)19-16(24)18-14-6-5-12(20(22)23)8-13(14)17/h3-8H,1-2H3,(H2,18,19,21,24). The van der Waals surface area contributed by atoms with E-state index < -0.39 is 4.92 Å². The van der Waals surface area contributed by atoms with Crippen LogP contribution in [0.2, 0.25) is 5.02 Å². The molecule has 124 valence electrons. The number of non-ortho nitro benzene ring substituents is 1. The SMILES string of the molecule is Cc1ccc(C(=O)NC(=S)Nc2ccc([N+](=O)[O-])cc2Cl)cc1C. The Balaban J connectivity index is 2.06. The molecule has 0 heterocycles. The number of thiocarbonyl (C=S) groups is 1. The summed E-state index contributed by atoms with van der Waals surface area (Å²) < 4.78 is 0. The number of nitro groups is 1. The van der Waals surface area contributed by atoms with Gasteiger partial charge in [-0.3, -0.25) is 20.2 Å². The number of nitrogens with one attached hydrogen (secondary N) is 2. The molecular formula is C16H14ClN3O3S. The maximum Gasteiger partial charge on any atom is 0.271 e. The minimum atomic E-state index is -0.546. The van der Waals surface area contributed by atoms with Gasteiger partial charge in [0.05, 0.1) is 15.6 Å². The fraction of sp³-hybridized carbons (Fsp3) is 0.125. The van der Waals surface area contributed by atoms with Gasteiger partial charge in [0.2, 0.25) is 0 Å². The molecule has 0 aromatic heterocycles. The highest BCUT2D eigenvalue weighted by molar-refractivity contribution is 7.80. The van der Waals surface area contributed by atoms with Crippen molar-refractivity contribution < 1.29 is 9.72 Å². The highest BCUT2D eigenvalue weighted by atomic mass is 35.5. The van der Waals surface area contributed by atoms with Gasteiger partial charge in [-0.2, -0.15) is 0 Å². The van der Waals surface area contributed by atoms with Gasteiger partial charge < -0.3 is 5.32 Å². The lowest BCUT2D eigenvalue weighted by Gasteiger charge is -2.11. The largest absolute Gasteiger partial charge is 0.331 e. The van der Waals surface area contributed by atoms with Crippen molar-refractivity contribution in [2.45, 2.75) is 13.8 Å². The number of benzene rings is 2. The molecule has 0 fully saturated rings. The molecule has 0 atom stereocenters. The highest BCUT2D eigenvalue weighted by Crippen LogP contribution is 2.26. The molecular weight excluding hydrogens is 350 g/mol. The Morgan fingerprint density at radius 3 is 2.46 bits per heavy atom. The molecule has 0 saturated heterocycles. The summed E-state index contributed by atoms with van der Waals surface area (Å²) in [6.45, 7) is 3.87. The van der Waals surface area contributed by atoms with Crippen molar-refractivity contribution in [1.82, 2.24) is 5.32 Å². The summed E-state index contributed by atoms with van der Waals surface area (Å²) in [5, 5.41) is 16.2. The van der Waals surface area contributed by atoms with E-state index in [1.807, 2.05) is 19.9 Å². The van der Waals surface area contributed by atoms with E-state index in [1.165, 1.54) is 18.2 Å². The quantitative estimate of drug-likeness (QED) is 0.489. The zero-order chi connectivity index (χ0) is 17.9. The Hall–Kier alpha value is -2.51. The fourth-order valence-corrected chi connectivity index (χ4v) is 2.36. The summed E-state index contributed by atoms with van der Waals surface area (Å²) in [5.74, 6) is -0.353. The van der Waals surface area contributed by atoms with E-state index in [9.17, 15) is 14.9 Å². The monoisotopic (exact) mass is 363 g/mol. The summed E-state index contributed by atoms with van der Waals surface area (Å²) in [5.41, 5.74) is 2.81. The van der Waals surface area contributed by atoms with E-state index >= 15 is 0 Å². The average molecular weight is 364 g/mol. The molecule has 0 aliphatic carbocycles. The molecule has 0 spiro atoms. The predicted molar refractivity (Wildman–Crippen MR) is 97.7 cm³/mol. The molecule has 2 N–H and O–H groups in total. The lowest BCUT2D eigenvalue weighted by atomic mass is 10.1. The molecule has 0 bridgehead atoms. The van der Waals surface area contributed by atoms with E-state index in [4.69, 9.17) is 23.8 Å². The Kier molecular flexibility index (Phi) is 5.48. The molecule has 1 amide bonds. The summed E-state index contributed by atoms with van der Waals surface area (Å²) >= 11 is 11.0. The Morgan fingerprint density at radius 2 is 1.88 bits per heavy atom. The van der Waals surface area contributed by atoms with Gasteiger partial charge in [0.15, 0.2) is 5.11 Å². The second-order valence-electron chi connectivity index (χ2n) is 5.13. The molecule has 6 nitrogen and oxygen atoms in total. The minimum Gasteiger partial charge on any atom is -0.331 e. The van der Waals surface area contributed by atoms with Gasteiger partial charge in [-0.05, 0) is 55.4 Å². The van der Waals surface area contributed by atoms with E-state index in [0.717, 1.165) is 11.1 Å². The Morgan fingerprint density at radius 1 is 1.17 bits per heavy atom. The highest BCUT2D eigenvalue weighted by Gasteiger charge is 2.12. The van der Waals surface area contributed by atoms with Crippen molar-refractivity contribution in [2.24, 2.45) is 0 Å². The normalized spacial score (nSPS) is 10.1. The van der Waals surface area contributed by atoms with Crippen LogP contribution in [0.1, 0.15) is 21.5 Å². The fourth-order valence-electron chi connectivity index (χ4n) is 1.93.